The van der Waals surface area contributed by atoms with Crippen LogP contribution in [-0.2, 0) is 0 Å². The van der Waals surface area contributed by atoms with Crippen LogP contribution < -0.4 is 5.32 Å². The smallest absolute Gasteiger partial charge is 0.300 e. The second-order valence-corrected chi connectivity index (χ2v) is 4.44. The lowest BCUT2D eigenvalue weighted by molar-refractivity contribution is -0.385. The second-order valence-electron chi connectivity index (χ2n) is 4.05. The van der Waals surface area contributed by atoms with E-state index in [1.54, 1.807) is 12.1 Å². The second kappa shape index (κ2) is 5.66. The molecule has 0 aliphatic rings. The molecule has 0 spiro atoms. The molecule has 0 bridgehead atoms. The molecule has 0 fully saturated rings. The van der Waals surface area contributed by atoms with Gasteiger partial charge in [0.2, 0.25) is 0 Å². The lowest BCUT2D eigenvalue weighted by Gasteiger charge is -2.08. The molecule has 102 valence electrons. The largest absolute Gasteiger partial charge is 0.322 e. The van der Waals surface area contributed by atoms with Gasteiger partial charge in [-0.05, 0) is 24.6 Å². The van der Waals surface area contributed by atoms with Crippen molar-refractivity contribution >= 4 is 28.9 Å². The summed E-state index contributed by atoms with van der Waals surface area (Å²) >= 11 is 5.69. The number of aryl methyl sites for hydroxylation is 1. The molecule has 2 aromatic rings. The molecule has 1 aromatic heterocycles. The van der Waals surface area contributed by atoms with Crippen molar-refractivity contribution in [2.45, 2.75) is 6.92 Å². The third-order valence-corrected chi connectivity index (χ3v) is 2.89. The zero-order valence-electron chi connectivity index (χ0n) is 10.5. The number of amides is 1. The van der Waals surface area contributed by atoms with Crippen LogP contribution in [0.3, 0.4) is 0 Å². The zero-order valence-corrected chi connectivity index (χ0v) is 11.2. The maximum absolute atomic E-state index is 12.1. The van der Waals surface area contributed by atoms with Crippen LogP contribution in [0.2, 0.25) is 5.15 Å². The zero-order chi connectivity index (χ0) is 14.7. The van der Waals surface area contributed by atoms with Crippen molar-refractivity contribution in [2.24, 2.45) is 0 Å². The molecule has 0 unspecified atom stereocenters. The number of halogens is 1. The third-order valence-electron chi connectivity index (χ3n) is 2.68. The Labute approximate surface area is 119 Å². The highest BCUT2D eigenvalue weighted by Crippen LogP contribution is 2.22. The minimum absolute atomic E-state index is 0.0190. The van der Waals surface area contributed by atoms with E-state index in [0.29, 0.717) is 5.69 Å². The highest BCUT2D eigenvalue weighted by Gasteiger charge is 2.21. The Kier molecular flexibility index (Phi) is 3.95. The van der Waals surface area contributed by atoms with Gasteiger partial charge in [-0.2, -0.15) is 0 Å². The first-order valence-corrected chi connectivity index (χ1v) is 6.04. The summed E-state index contributed by atoms with van der Waals surface area (Å²) in [6, 6.07) is 8.30. The van der Waals surface area contributed by atoms with Crippen LogP contribution in [0.1, 0.15) is 15.9 Å². The van der Waals surface area contributed by atoms with E-state index in [1.807, 2.05) is 19.1 Å². The Hall–Kier alpha value is -2.47. The molecule has 6 nitrogen and oxygen atoms in total. The summed E-state index contributed by atoms with van der Waals surface area (Å²) in [6.07, 6.45) is 0.967. The van der Waals surface area contributed by atoms with Crippen LogP contribution in [0, 0.1) is 17.0 Å². The summed E-state index contributed by atoms with van der Waals surface area (Å²) in [6.45, 7) is 1.82. The molecule has 1 heterocycles. The third kappa shape index (κ3) is 2.92. The standard InChI is InChI=1S/C13H10ClN3O3/c1-8-4-2-3-5-10(8)16-13(18)9-6-12(14)15-7-11(9)17(19)20/h2-7H,1H3,(H,16,18). The van der Waals surface area contributed by atoms with Gasteiger partial charge in [-0.1, -0.05) is 29.8 Å². The van der Waals surface area contributed by atoms with Crippen LogP contribution in [0.25, 0.3) is 0 Å². The number of hydrogen-bond acceptors (Lipinski definition) is 4. The minimum Gasteiger partial charge on any atom is -0.322 e. The quantitative estimate of drug-likeness (QED) is 0.534. The highest BCUT2D eigenvalue weighted by molar-refractivity contribution is 6.30. The molecular weight excluding hydrogens is 282 g/mol. The molecule has 0 aliphatic carbocycles. The van der Waals surface area contributed by atoms with Gasteiger partial charge in [-0.15, -0.1) is 0 Å². The maximum Gasteiger partial charge on any atom is 0.300 e. The average molecular weight is 292 g/mol. The summed E-state index contributed by atoms with van der Waals surface area (Å²) in [7, 11) is 0. The molecule has 1 aromatic carbocycles. The molecule has 0 saturated carbocycles. The number of para-hydroxylation sites is 1. The van der Waals surface area contributed by atoms with Crippen LogP contribution in [0.15, 0.2) is 36.5 Å². The summed E-state index contributed by atoms with van der Waals surface area (Å²) < 4.78 is 0. The van der Waals surface area contributed by atoms with E-state index >= 15 is 0 Å². The molecule has 0 atom stereocenters. The summed E-state index contributed by atoms with van der Waals surface area (Å²) in [5, 5.41) is 13.5. The van der Waals surface area contributed by atoms with Crippen molar-refractivity contribution in [3.63, 3.8) is 0 Å². The fourth-order valence-electron chi connectivity index (χ4n) is 1.65. The Bertz CT molecular complexity index is 688. The first-order chi connectivity index (χ1) is 9.49. The number of nitrogens with one attached hydrogen (secondary N) is 1. The molecule has 0 saturated heterocycles. The number of rotatable bonds is 3. The van der Waals surface area contributed by atoms with E-state index < -0.39 is 10.8 Å². The molecule has 0 radical (unpaired) electrons. The fraction of sp³-hybridized carbons (Fsp3) is 0.0769. The van der Waals surface area contributed by atoms with Gasteiger partial charge in [0, 0.05) is 5.69 Å². The summed E-state index contributed by atoms with van der Waals surface area (Å²) in [5.41, 5.74) is 0.919. The number of aromatic nitrogens is 1. The predicted molar refractivity (Wildman–Crippen MR) is 75.0 cm³/mol. The van der Waals surface area contributed by atoms with Crippen molar-refractivity contribution in [3.8, 4) is 0 Å². The van der Waals surface area contributed by atoms with Gasteiger partial charge >= 0.3 is 0 Å². The number of hydrogen-bond donors (Lipinski definition) is 1. The number of nitro groups is 1. The topological polar surface area (TPSA) is 85.1 Å². The average Bonchev–Trinajstić information content (AvgIpc) is 2.40. The number of nitrogens with zero attached hydrogens (tertiary/aromatic N) is 2. The normalized spacial score (nSPS) is 10.1. The Morgan fingerprint density at radius 3 is 2.75 bits per heavy atom. The van der Waals surface area contributed by atoms with Crippen molar-refractivity contribution in [1.82, 2.24) is 4.98 Å². The van der Waals surface area contributed by atoms with Crippen LogP contribution >= 0.6 is 11.6 Å². The molecule has 1 amide bonds. The molecule has 20 heavy (non-hydrogen) atoms. The number of pyridine rings is 1. The van der Waals surface area contributed by atoms with E-state index in [-0.39, 0.29) is 16.4 Å². The molecular formula is C13H10ClN3O3. The SMILES string of the molecule is Cc1ccccc1NC(=O)c1cc(Cl)ncc1[N+](=O)[O-]. The van der Waals surface area contributed by atoms with Crippen LogP contribution in [0.5, 0.6) is 0 Å². The van der Waals surface area contributed by atoms with Gasteiger partial charge in [0.25, 0.3) is 11.6 Å². The Balaban J connectivity index is 2.37. The van der Waals surface area contributed by atoms with E-state index in [0.717, 1.165) is 11.8 Å². The minimum atomic E-state index is -0.671. The van der Waals surface area contributed by atoms with Crippen molar-refractivity contribution < 1.29 is 9.72 Å². The first kappa shape index (κ1) is 14.0. The molecule has 0 aliphatic heterocycles. The monoisotopic (exact) mass is 291 g/mol. The van der Waals surface area contributed by atoms with Gasteiger partial charge in [0.15, 0.2) is 0 Å². The Morgan fingerprint density at radius 1 is 1.40 bits per heavy atom. The van der Waals surface area contributed by atoms with Gasteiger partial charge in [-0.3, -0.25) is 14.9 Å². The molecule has 7 heteroatoms. The summed E-state index contributed by atoms with van der Waals surface area (Å²) in [4.78, 5) is 26.0. The van der Waals surface area contributed by atoms with Crippen LogP contribution in [0.4, 0.5) is 11.4 Å². The van der Waals surface area contributed by atoms with Gasteiger partial charge in [0.1, 0.15) is 16.9 Å². The fourth-order valence-corrected chi connectivity index (χ4v) is 1.81. The Morgan fingerprint density at radius 2 is 2.10 bits per heavy atom. The van der Waals surface area contributed by atoms with Gasteiger partial charge in [0.05, 0.1) is 4.92 Å². The number of carbonyl (C=O) groups excluding carboxylic acids is 1. The van der Waals surface area contributed by atoms with E-state index in [4.69, 9.17) is 11.6 Å². The van der Waals surface area contributed by atoms with E-state index in [9.17, 15) is 14.9 Å². The number of carbonyl (C=O) groups is 1. The van der Waals surface area contributed by atoms with E-state index in [2.05, 4.69) is 10.3 Å². The van der Waals surface area contributed by atoms with E-state index in [1.165, 1.54) is 6.07 Å². The maximum atomic E-state index is 12.1. The lowest BCUT2D eigenvalue weighted by atomic mass is 10.1. The van der Waals surface area contributed by atoms with Crippen molar-refractivity contribution in [3.05, 3.63) is 62.9 Å². The van der Waals surface area contributed by atoms with Gasteiger partial charge < -0.3 is 5.32 Å². The summed E-state index contributed by atoms with van der Waals surface area (Å²) in [5.74, 6) is -0.602. The van der Waals surface area contributed by atoms with Crippen molar-refractivity contribution in [2.75, 3.05) is 5.32 Å². The molecule has 2 rings (SSSR count). The van der Waals surface area contributed by atoms with Crippen molar-refractivity contribution in [1.29, 1.82) is 0 Å². The first-order valence-electron chi connectivity index (χ1n) is 5.66. The number of anilines is 1. The van der Waals surface area contributed by atoms with Crippen LogP contribution in [-0.4, -0.2) is 15.8 Å². The molecule has 1 N–H and O–H groups in total. The van der Waals surface area contributed by atoms with Gasteiger partial charge in [-0.25, -0.2) is 4.98 Å². The predicted octanol–water partition coefficient (Wildman–Crippen LogP) is 3.20. The highest BCUT2D eigenvalue weighted by atomic mass is 35.5. The number of benzene rings is 1. The lowest BCUT2D eigenvalue weighted by Crippen LogP contribution is -2.15.